The van der Waals surface area contributed by atoms with Gasteiger partial charge >= 0.3 is 0 Å². The van der Waals surface area contributed by atoms with Crippen LogP contribution in [0.15, 0.2) is 27.7 Å². The third kappa shape index (κ3) is 5.85. The molecule has 1 aliphatic heterocycles. The van der Waals surface area contributed by atoms with Crippen LogP contribution in [0.3, 0.4) is 0 Å². The number of halogens is 4. The summed E-state index contributed by atoms with van der Waals surface area (Å²) in [7, 11) is 0. The molecule has 0 aliphatic carbocycles. The number of carbonyl (C=O) groups excluding carboxylic acids is 2. The van der Waals surface area contributed by atoms with Crippen molar-refractivity contribution in [1.82, 2.24) is 10.5 Å². The predicted octanol–water partition coefficient (Wildman–Crippen LogP) is 2.25. The first-order valence-corrected chi connectivity index (χ1v) is 10.5. The first-order valence-electron chi connectivity index (χ1n) is 8.05. The van der Waals surface area contributed by atoms with E-state index in [1.54, 1.807) is 4.08 Å². The lowest BCUT2D eigenvalue weighted by Gasteiger charge is -2.19. The zero-order valence-electron chi connectivity index (χ0n) is 15.0. The van der Waals surface area contributed by atoms with Gasteiger partial charge in [0.25, 0.3) is 5.91 Å². The molecular weight excluding hydrogens is 510 g/mol. The van der Waals surface area contributed by atoms with Crippen molar-refractivity contribution in [3.8, 4) is 0 Å². The number of aliphatic hydroxyl groups excluding tert-OH is 1. The molecule has 12 heteroatoms. The minimum atomic E-state index is -1.51. The molecule has 1 aromatic rings. The summed E-state index contributed by atoms with van der Waals surface area (Å²) < 4.78 is 46.2. The Morgan fingerprint density at radius 1 is 1.28 bits per heavy atom. The standard InChI is InChI=1S/C17H17F3IN3O5/c1-9(26)24(28)8-10-6-11(17(27)23-29-5-4-25)16(15(20)14(10)19)22-13-2-3-21-7-12(13)18/h2-3,6-7,22,25,28H,4-5,8H2,1H3,(H,23,27). The Morgan fingerprint density at radius 2 is 2.00 bits per heavy atom. The lowest BCUT2D eigenvalue weighted by Crippen LogP contribution is -2.28. The molecule has 158 valence electrons. The van der Waals surface area contributed by atoms with Gasteiger partial charge in [0.05, 0.1) is 36.7 Å². The van der Waals surface area contributed by atoms with Gasteiger partial charge in [-0.1, -0.05) is 20.7 Å². The number of amides is 2. The maximum atomic E-state index is 14.7. The number of allylic oxidation sites excluding steroid dienone is 2. The molecular formula is C17H17F3IN3O5. The highest BCUT2D eigenvalue weighted by Gasteiger charge is 2.25. The number of hydrogen-bond donors (Lipinski definition) is 4. The number of hydrogen-bond acceptors (Lipinski definition) is 6. The molecule has 29 heavy (non-hydrogen) atoms. The zero-order chi connectivity index (χ0) is 21.6. The molecule has 1 aliphatic rings. The van der Waals surface area contributed by atoms with Gasteiger partial charge in [0.15, 0.2) is 17.5 Å². The van der Waals surface area contributed by atoms with Crippen LogP contribution in [0.4, 0.5) is 18.9 Å². The van der Waals surface area contributed by atoms with Crippen molar-refractivity contribution in [3.05, 3.63) is 50.5 Å². The van der Waals surface area contributed by atoms with Crippen LogP contribution in [-0.4, -0.2) is 44.4 Å². The summed E-state index contributed by atoms with van der Waals surface area (Å²) >= 11 is -0.631. The summed E-state index contributed by atoms with van der Waals surface area (Å²) in [6.45, 7) is -0.398. The highest BCUT2D eigenvalue weighted by Crippen LogP contribution is 2.30. The van der Waals surface area contributed by atoms with Crippen LogP contribution in [0, 0.1) is 11.6 Å². The molecule has 0 saturated carbocycles. The average Bonchev–Trinajstić information content (AvgIpc) is 2.68. The van der Waals surface area contributed by atoms with Gasteiger partial charge in [-0.05, 0) is 16.2 Å². The first kappa shape index (κ1) is 23.0. The van der Waals surface area contributed by atoms with Crippen LogP contribution >= 0.6 is 20.7 Å². The second-order valence-electron chi connectivity index (χ2n) is 5.58. The van der Waals surface area contributed by atoms with Crippen molar-refractivity contribution in [2.75, 3.05) is 18.5 Å². The summed E-state index contributed by atoms with van der Waals surface area (Å²) in [6, 6.07) is 0.895. The highest BCUT2D eigenvalue weighted by molar-refractivity contribution is 14.2. The van der Waals surface area contributed by atoms with Crippen LogP contribution in [0.2, 0.25) is 0 Å². The Morgan fingerprint density at radius 3 is 2.62 bits per heavy atom. The summed E-state index contributed by atoms with van der Waals surface area (Å²) in [5.41, 5.74) is 0.145. The van der Waals surface area contributed by atoms with Crippen LogP contribution in [0.1, 0.15) is 22.8 Å². The zero-order valence-corrected chi connectivity index (χ0v) is 17.2. The Balaban J connectivity index is 2.50. The fourth-order valence-corrected chi connectivity index (χ4v) is 3.58. The molecule has 2 rings (SSSR count). The van der Waals surface area contributed by atoms with Crippen molar-refractivity contribution >= 4 is 42.2 Å². The molecule has 0 aromatic heterocycles. The monoisotopic (exact) mass is 527 g/mol. The molecule has 0 fully saturated rings. The lowest BCUT2D eigenvalue weighted by molar-refractivity contribution is -0.165. The largest absolute Gasteiger partial charge is 0.394 e. The summed E-state index contributed by atoms with van der Waals surface area (Å²) in [5, 5.41) is 20.7. The van der Waals surface area contributed by atoms with Gasteiger partial charge in [0, 0.05) is 16.5 Å². The smallest absolute Gasteiger partial charge is 0.277 e. The number of carbonyl (C=O) groups is 2. The van der Waals surface area contributed by atoms with Crippen LogP contribution in [-0.2, 0) is 16.2 Å². The number of anilines is 1. The van der Waals surface area contributed by atoms with Crippen molar-refractivity contribution in [2.24, 2.45) is 0 Å². The molecule has 1 aromatic carbocycles. The van der Waals surface area contributed by atoms with Crippen molar-refractivity contribution in [2.45, 2.75) is 13.5 Å². The van der Waals surface area contributed by atoms with Gasteiger partial charge in [-0.25, -0.2) is 23.7 Å². The van der Waals surface area contributed by atoms with Gasteiger partial charge < -0.3 is 10.4 Å². The second kappa shape index (κ2) is 10.5. The first-order chi connectivity index (χ1) is 13.8. The molecule has 0 spiro atoms. The van der Waals surface area contributed by atoms with E-state index >= 15 is 0 Å². The third-order valence-corrected chi connectivity index (χ3v) is 5.23. The van der Waals surface area contributed by atoms with E-state index in [1.807, 2.05) is 5.48 Å². The second-order valence-corrected chi connectivity index (χ2v) is 7.64. The fraction of sp³-hybridized carbons (Fsp3) is 0.235. The topological polar surface area (TPSA) is 111 Å². The third-order valence-electron chi connectivity index (χ3n) is 3.55. The van der Waals surface area contributed by atoms with Gasteiger partial charge in [0.1, 0.15) is 0 Å². The van der Waals surface area contributed by atoms with E-state index in [0.29, 0.717) is 0 Å². The fourth-order valence-electron chi connectivity index (χ4n) is 2.15. The van der Waals surface area contributed by atoms with Crippen molar-refractivity contribution in [3.63, 3.8) is 0 Å². The number of hydroxylamine groups is 3. The molecule has 1 heterocycles. The van der Waals surface area contributed by atoms with E-state index in [-0.39, 0.29) is 17.4 Å². The Labute approximate surface area is 173 Å². The van der Waals surface area contributed by atoms with Crippen LogP contribution < -0.4 is 10.8 Å². The summed E-state index contributed by atoms with van der Waals surface area (Å²) in [5.74, 6) is -5.47. The normalized spacial score (nSPS) is 13.2. The quantitative estimate of drug-likeness (QED) is 0.179. The van der Waals surface area contributed by atoms with E-state index in [0.717, 1.165) is 13.0 Å². The number of benzene rings is 1. The Hall–Kier alpha value is -2.29. The van der Waals surface area contributed by atoms with Gasteiger partial charge in [0.2, 0.25) is 5.91 Å². The minimum Gasteiger partial charge on any atom is -0.394 e. The van der Waals surface area contributed by atoms with E-state index in [9.17, 15) is 28.0 Å². The van der Waals surface area contributed by atoms with E-state index in [1.165, 1.54) is 10.1 Å². The predicted molar refractivity (Wildman–Crippen MR) is 106 cm³/mol. The molecule has 0 unspecified atom stereocenters. The maximum absolute atomic E-state index is 14.7. The van der Waals surface area contributed by atoms with Crippen LogP contribution in [0.25, 0.3) is 0 Å². The van der Waals surface area contributed by atoms with E-state index < -0.39 is 80.0 Å². The summed E-state index contributed by atoms with van der Waals surface area (Å²) in [6.07, 6.45) is 1.35. The lowest BCUT2D eigenvalue weighted by atomic mass is 10.1. The molecule has 0 bridgehead atoms. The van der Waals surface area contributed by atoms with E-state index in [4.69, 9.17) is 5.11 Å². The summed E-state index contributed by atoms with van der Waals surface area (Å²) in [4.78, 5) is 28.2. The maximum Gasteiger partial charge on any atom is 0.277 e. The number of nitrogens with one attached hydrogen (secondary N) is 2. The van der Waals surface area contributed by atoms with Gasteiger partial charge in [-0.2, -0.15) is 0 Å². The van der Waals surface area contributed by atoms with Crippen molar-refractivity contribution in [1.29, 1.82) is 0 Å². The van der Waals surface area contributed by atoms with Gasteiger partial charge in [-0.3, -0.25) is 19.6 Å². The molecule has 4 N–H and O–H groups in total. The van der Waals surface area contributed by atoms with Gasteiger partial charge in [-0.15, -0.1) is 0 Å². The Kier molecular flexibility index (Phi) is 8.31. The highest BCUT2D eigenvalue weighted by atomic mass is 127. The molecule has 0 atom stereocenters. The van der Waals surface area contributed by atoms with Crippen molar-refractivity contribution < 1.29 is 37.9 Å². The number of nitrogens with zero attached hydrogens (tertiary/aromatic N) is 1. The molecule has 0 saturated heterocycles. The number of aliphatic hydroxyl groups is 1. The Bertz CT molecular complexity index is 905. The minimum absolute atomic E-state index is 0.138. The molecule has 8 nitrogen and oxygen atoms in total. The van der Waals surface area contributed by atoms with Crippen LogP contribution in [0.5, 0.6) is 0 Å². The molecule has 2 amide bonds. The van der Waals surface area contributed by atoms with E-state index in [2.05, 4.69) is 10.2 Å². The number of rotatable bonds is 8. The SMILES string of the molecule is CC(=O)N(O)Cc1cc(C(=O)NOCCO)c(NC2=C(F)C=IC=C2)c(F)c1F. The molecule has 0 radical (unpaired) electrons. The average molecular weight is 527 g/mol.